The zero-order chi connectivity index (χ0) is 19.2. The van der Waals surface area contributed by atoms with E-state index in [4.69, 9.17) is 4.52 Å². The quantitative estimate of drug-likeness (QED) is 0.392. The monoisotopic (exact) mass is 378 g/mol. The molecule has 1 amide bonds. The molecule has 8 heteroatoms. The molecule has 0 bridgehead atoms. The summed E-state index contributed by atoms with van der Waals surface area (Å²) in [6.07, 6.45) is 4.72. The number of anilines is 1. The number of hydrogen-bond donors (Lipinski definition) is 2. The lowest BCUT2D eigenvalue weighted by molar-refractivity contribution is -0.112. The fraction of sp³-hybridized carbons (Fsp3) is 0.0526. The second-order valence-electron chi connectivity index (χ2n) is 5.40. The number of benzene rings is 1. The van der Waals surface area contributed by atoms with Gasteiger partial charge in [0.05, 0.1) is 11.8 Å². The van der Waals surface area contributed by atoms with Crippen LogP contribution in [0.1, 0.15) is 11.3 Å². The van der Waals surface area contributed by atoms with Gasteiger partial charge in [0.15, 0.2) is 11.3 Å². The number of aryl methyl sites for hydroxylation is 1. The van der Waals surface area contributed by atoms with E-state index in [1.54, 1.807) is 37.5 Å². The molecule has 3 rings (SSSR count). The highest BCUT2D eigenvalue weighted by atomic mass is 32.2. The number of aliphatic hydroxyl groups excluding tert-OH is 1. The topological polar surface area (TPSA) is 112 Å². The molecule has 0 saturated carbocycles. The SMILES string of the molecule is Cc1oncc1/C(O)=C(\C#N)C(=O)Nc1ccc(Sc2cccnc2)cc1. The van der Waals surface area contributed by atoms with Gasteiger partial charge in [0, 0.05) is 27.9 Å². The molecule has 3 aromatic rings. The Morgan fingerprint density at radius 2 is 2.00 bits per heavy atom. The van der Waals surface area contributed by atoms with E-state index in [1.807, 2.05) is 24.3 Å². The van der Waals surface area contributed by atoms with Crippen LogP contribution in [-0.2, 0) is 4.79 Å². The van der Waals surface area contributed by atoms with Gasteiger partial charge in [-0.3, -0.25) is 9.78 Å². The first kappa shape index (κ1) is 18.2. The van der Waals surface area contributed by atoms with Gasteiger partial charge >= 0.3 is 0 Å². The van der Waals surface area contributed by atoms with Crippen LogP contribution in [0, 0.1) is 18.3 Å². The van der Waals surface area contributed by atoms with E-state index in [2.05, 4.69) is 15.5 Å². The van der Waals surface area contributed by atoms with E-state index >= 15 is 0 Å². The van der Waals surface area contributed by atoms with Crippen molar-refractivity contribution < 1.29 is 14.4 Å². The maximum absolute atomic E-state index is 12.4. The summed E-state index contributed by atoms with van der Waals surface area (Å²) in [5.74, 6) is -0.884. The summed E-state index contributed by atoms with van der Waals surface area (Å²) >= 11 is 1.54. The fourth-order valence-corrected chi connectivity index (χ4v) is 3.02. The van der Waals surface area contributed by atoms with Crippen LogP contribution in [0.15, 0.2) is 74.9 Å². The van der Waals surface area contributed by atoms with Crippen LogP contribution in [0.2, 0.25) is 0 Å². The first-order chi connectivity index (χ1) is 13.1. The maximum atomic E-state index is 12.4. The number of rotatable bonds is 5. The molecule has 2 N–H and O–H groups in total. The van der Waals surface area contributed by atoms with Crippen molar-refractivity contribution >= 4 is 29.1 Å². The Balaban J connectivity index is 1.73. The van der Waals surface area contributed by atoms with Crippen molar-refractivity contribution in [2.75, 3.05) is 5.32 Å². The Bertz CT molecular complexity index is 1020. The molecule has 0 fully saturated rings. The van der Waals surface area contributed by atoms with Gasteiger partial charge in [-0.1, -0.05) is 16.9 Å². The molecule has 0 spiro atoms. The normalized spacial score (nSPS) is 11.4. The lowest BCUT2D eigenvalue weighted by atomic mass is 10.1. The number of nitrogens with one attached hydrogen (secondary N) is 1. The Labute approximate surface area is 159 Å². The highest BCUT2D eigenvalue weighted by Gasteiger charge is 2.20. The van der Waals surface area contributed by atoms with Crippen LogP contribution in [0.25, 0.3) is 5.76 Å². The standard InChI is InChI=1S/C19H14N4O3S/c1-12-17(11-22-26-12)18(24)16(9-20)19(25)23-13-4-6-14(7-5-13)27-15-3-2-8-21-10-15/h2-8,10-11,24H,1H3,(H,23,25)/b18-16-. The minimum absolute atomic E-state index is 0.199. The highest BCUT2D eigenvalue weighted by molar-refractivity contribution is 7.99. The molecule has 0 aliphatic carbocycles. The molecule has 7 nitrogen and oxygen atoms in total. The molecule has 0 unspecified atom stereocenters. The van der Waals surface area contributed by atoms with E-state index in [-0.39, 0.29) is 5.56 Å². The number of aliphatic hydroxyl groups is 1. The molecular weight excluding hydrogens is 364 g/mol. The number of carbonyl (C=O) groups is 1. The number of carbonyl (C=O) groups excluding carboxylic acids is 1. The van der Waals surface area contributed by atoms with Crippen LogP contribution >= 0.6 is 11.8 Å². The van der Waals surface area contributed by atoms with Crippen molar-refractivity contribution in [2.45, 2.75) is 16.7 Å². The van der Waals surface area contributed by atoms with Crippen LogP contribution in [-0.4, -0.2) is 21.2 Å². The average Bonchev–Trinajstić information content (AvgIpc) is 3.10. The first-order valence-corrected chi connectivity index (χ1v) is 8.64. The number of nitrogens with zero attached hydrogens (tertiary/aromatic N) is 3. The number of aromatic nitrogens is 2. The molecule has 2 heterocycles. The molecule has 0 radical (unpaired) electrons. The zero-order valence-corrected chi connectivity index (χ0v) is 15.0. The van der Waals surface area contributed by atoms with Crippen molar-refractivity contribution in [1.29, 1.82) is 5.26 Å². The summed E-state index contributed by atoms with van der Waals surface area (Å²) in [6.45, 7) is 1.57. The third-order valence-corrected chi connectivity index (χ3v) is 4.55. The average molecular weight is 378 g/mol. The van der Waals surface area contributed by atoms with E-state index in [0.29, 0.717) is 11.4 Å². The van der Waals surface area contributed by atoms with Gasteiger partial charge in [-0.05, 0) is 43.3 Å². The van der Waals surface area contributed by atoms with Gasteiger partial charge in [-0.2, -0.15) is 5.26 Å². The minimum Gasteiger partial charge on any atom is -0.506 e. The van der Waals surface area contributed by atoms with E-state index < -0.39 is 17.2 Å². The van der Waals surface area contributed by atoms with Crippen molar-refractivity contribution in [3.05, 3.63) is 71.9 Å². The summed E-state index contributed by atoms with van der Waals surface area (Å²) in [5, 5.41) is 25.6. The van der Waals surface area contributed by atoms with Gasteiger partial charge in [0.25, 0.3) is 5.91 Å². The van der Waals surface area contributed by atoms with Gasteiger partial charge < -0.3 is 14.9 Å². The summed E-state index contributed by atoms with van der Waals surface area (Å²) in [4.78, 5) is 18.4. The molecule has 0 aliphatic heterocycles. The Morgan fingerprint density at radius 3 is 2.59 bits per heavy atom. The fourth-order valence-electron chi connectivity index (χ4n) is 2.22. The number of amides is 1. The van der Waals surface area contributed by atoms with Crippen molar-refractivity contribution in [1.82, 2.24) is 10.1 Å². The predicted molar refractivity (Wildman–Crippen MR) is 99.8 cm³/mol. The van der Waals surface area contributed by atoms with E-state index in [9.17, 15) is 15.2 Å². The Kier molecular flexibility index (Phi) is 5.54. The number of pyridine rings is 1. The predicted octanol–water partition coefficient (Wildman–Crippen LogP) is 3.96. The molecule has 0 atom stereocenters. The summed E-state index contributed by atoms with van der Waals surface area (Å²) in [7, 11) is 0. The molecule has 2 aromatic heterocycles. The van der Waals surface area contributed by atoms with E-state index in [0.717, 1.165) is 9.79 Å². The number of hydrogen-bond acceptors (Lipinski definition) is 7. The third kappa shape index (κ3) is 4.34. The Morgan fingerprint density at radius 1 is 1.22 bits per heavy atom. The third-order valence-electron chi connectivity index (χ3n) is 3.56. The Hall–Kier alpha value is -3.57. The smallest absolute Gasteiger partial charge is 0.270 e. The van der Waals surface area contributed by atoms with Crippen LogP contribution in [0.5, 0.6) is 0 Å². The van der Waals surface area contributed by atoms with Crippen molar-refractivity contribution in [3.8, 4) is 6.07 Å². The molecule has 0 saturated heterocycles. The second kappa shape index (κ2) is 8.21. The summed E-state index contributed by atoms with van der Waals surface area (Å²) < 4.78 is 4.85. The van der Waals surface area contributed by atoms with Gasteiger partial charge in [0.2, 0.25) is 0 Å². The minimum atomic E-state index is -0.719. The van der Waals surface area contributed by atoms with Gasteiger partial charge in [0.1, 0.15) is 11.8 Å². The summed E-state index contributed by atoms with van der Waals surface area (Å²) in [6, 6.07) is 12.6. The van der Waals surface area contributed by atoms with Gasteiger partial charge in [-0.15, -0.1) is 0 Å². The van der Waals surface area contributed by atoms with E-state index in [1.165, 1.54) is 18.0 Å². The highest BCUT2D eigenvalue weighted by Crippen LogP contribution is 2.28. The zero-order valence-electron chi connectivity index (χ0n) is 14.2. The van der Waals surface area contributed by atoms with Crippen molar-refractivity contribution in [3.63, 3.8) is 0 Å². The molecular formula is C19H14N4O3S. The lowest BCUT2D eigenvalue weighted by Gasteiger charge is -2.07. The molecule has 27 heavy (non-hydrogen) atoms. The summed E-state index contributed by atoms with van der Waals surface area (Å²) in [5.41, 5.74) is 0.276. The van der Waals surface area contributed by atoms with Crippen LogP contribution < -0.4 is 5.32 Å². The molecule has 0 aliphatic rings. The van der Waals surface area contributed by atoms with Gasteiger partial charge in [-0.25, -0.2) is 0 Å². The van der Waals surface area contributed by atoms with Crippen LogP contribution in [0.4, 0.5) is 5.69 Å². The molecule has 1 aromatic carbocycles. The lowest BCUT2D eigenvalue weighted by Crippen LogP contribution is -2.15. The largest absolute Gasteiger partial charge is 0.506 e. The molecule has 134 valence electrons. The van der Waals surface area contributed by atoms with Crippen LogP contribution in [0.3, 0.4) is 0 Å². The van der Waals surface area contributed by atoms with Crippen molar-refractivity contribution in [2.24, 2.45) is 0 Å². The maximum Gasteiger partial charge on any atom is 0.270 e. The first-order valence-electron chi connectivity index (χ1n) is 7.82. The second-order valence-corrected chi connectivity index (χ2v) is 6.55. The number of nitriles is 1.